The number of anilines is 1. The topological polar surface area (TPSA) is 109 Å². The van der Waals surface area contributed by atoms with Crippen molar-refractivity contribution < 1.29 is 13.2 Å². The van der Waals surface area contributed by atoms with Gasteiger partial charge in [-0.25, -0.2) is 13.4 Å². The van der Waals surface area contributed by atoms with Crippen molar-refractivity contribution in [3.05, 3.63) is 75.7 Å². The van der Waals surface area contributed by atoms with Crippen molar-refractivity contribution in [3.63, 3.8) is 0 Å². The highest BCUT2D eigenvalue weighted by molar-refractivity contribution is 7.99. The third-order valence-electron chi connectivity index (χ3n) is 3.83. The average Bonchev–Trinajstić information content (AvgIpc) is 2.68. The first-order valence-corrected chi connectivity index (χ1v) is 11.2. The maximum absolute atomic E-state index is 12.6. The molecule has 0 fully saturated rings. The maximum Gasteiger partial charge on any atom is 0.270 e. The van der Waals surface area contributed by atoms with E-state index in [2.05, 4.69) is 15.3 Å². The number of aromatic nitrogens is 2. The quantitative estimate of drug-likeness (QED) is 0.441. The molecule has 0 spiro atoms. The lowest BCUT2D eigenvalue weighted by atomic mass is 10.2. The first-order valence-electron chi connectivity index (χ1n) is 8.35. The molecule has 0 aliphatic rings. The number of carbonyl (C=O) groups is 1. The van der Waals surface area contributed by atoms with E-state index < -0.39 is 20.3 Å². The van der Waals surface area contributed by atoms with Crippen LogP contribution in [0.3, 0.4) is 0 Å². The van der Waals surface area contributed by atoms with Crippen molar-refractivity contribution in [3.8, 4) is 0 Å². The lowest BCUT2D eigenvalue weighted by molar-refractivity contribution is -0.113. The van der Waals surface area contributed by atoms with Crippen molar-refractivity contribution in [1.82, 2.24) is 9.97 Å². The molecule has 1 aromatic heterocycles. The second-order valence-corrected chi connectivity index (χ2v) is 9.36. The molecule has 3 rings (SSSR count). The predicted octanol–water partition coefficient (Wildman–Crippen LogP) is 3.30. The van der Waals surface area contributed by atoms with Gasteiger partial charge in [0.25, 0.3) is 5.56 Å². The molecule has 0 radical (unpaired) electrons. The lowest BCUT2D eigenvalue weighted by Crippen LogP contribution is -2.20. The maximum atomic E-state index is 12.6. The fourth-order valence-corrected chi connectivity index (χ4v) is 4.33. The molecule has 1 amide bonds. The standard InChI is InChI=1S/C19H16ClN3O4S2/c1-12-2-8-15(9-3-12)29(26,27)16-10-21-19(23-18(16)25)28-11-17(24)22-14-6-4-13(20)5-7-14/h2-10H,11H2,1H3,(H,22,24)(H,21,23,25). The van der Waals surface area contributed by atoms with Crippen molar-refractivity contribution in [1.29, 1.82) is 0 Å². The molecule has 0 aliphatic carbocycles. The van der Waals surface area contributed by atoms with Gasteiger partial charge in [0.05, 0.1) is 16.8 Å². The number of aromatic amines is 1. The Morgan fingerprint density at radius 2 is 1.79 bits per heavy atom. The number of nitrogens with one attached hydrogen (secondary N) is 2. The molecule has 7 nitrogen and oxygen atoms in total. The van der Waals surface area contributed by atoms with Crippen LogP contribution in [0.1, 0.15) is 5.56 Å². The molecule has 150 valence electrons. The molecule has 3 aromatic rings. The molecular weight excluding hydrogens is 434 g/mol. The average molecular weight is 450 g/mol. The molecule has 0 saturated carbocycles. The molecule has 0 unspecified atom stereocenters. The smallest absolute Gasteiger partial charge is 0.270 e. The number of aryl methyl sites for hydroxylation is 1. The van der Waals surface area contributed by atoms with E-state index >= 15 is 0 Å². The summed E-state index contributed by atoms with van der Waals surface area (Å²) in [4.78, 5) is 30.3. The van der Waals surface area contributed by atoms with Gasteiger partial charge in [-0.1, -0.05) is 41.1 Å². The highest BCUT2D eigenvalue weighted by Gasteiger charge is 2.22. The predicted molar refractivity (Wildman–Crippen MR) is 112 cm³/mol. The summed E-state index contributed by atoms with van der Waals surface area (Å²) in [6, 6.07) is 12.8. The van der Waals surface area contributed by atoms with E-state index in [0.29, 0.717) is 10.7 Å². The molecule has 1 heterocycles. The Kier molecular flexibility index (Phi) is 6.41. The van der Waals surface area contributed by atoms with Crippen LogP contribution in [0.25, 0.3) is 0 Å². The second kappa shape index (κ2) is 8.81. The summed E-state index contributed by atoms with van der Waals surface area (Å²) in [7, 11) is -3.98. The first-order chi connectivity index (χ1) is 13.8. The molecule has 0 aliphatic heterocycles. The van der Waals surface area contributed by atoms with Gasteiger partial charge < -0.3 is 10.3 Å². The number of rotatable bonds is 6. The second-order valence-electron chi connectivity index (χ2n) is 6.04. The van der Waals surface area contributed by atoms with Gasteiger partial charge in [-0.2, -0.15) is 0 Å². The zero-order valence-electron chi connectivity index (χ0n) is 15.2. The number of carbonyl (C=O) groups excluding carboxylic acids is 1. The van der Waals surface area contributed by atoms with E-state index in [4.69, 9.17) is 11.6 Å². The molecule has 29 heavy (non-hydrogen) atoms. The Morgan fingerprint density at radius 3 is 2.41 bits per heavy atom. The zero-order valence-corrected chi connectivity index (χ0v) is 17.6. The third kappa shape index (κ3) is 5.26. The fourth-order valence-electron chi connectivity index (χ4n) is 2.34. The first kappa shape index (κ1) is 21.1. The molecule has 0 atom stereocenters. The zero-order chi connectivity index (χ0) is 21.0. The summed E-state index contributed by atoms with van der Waals surface area (Å²) in [6.45, 7) is 1.83. The van der Waals surface area contributed by atoms with Crippen LogP contribution in [0.15, 0.2) is 74.5 Å². The number of amides is 1. The highest BCUT2D eigenvalue weighted by atomic mass is 35.5. The van der Waals surface area contributed by atoms with Crippen LogP contribution in [-0.4, -0.2) is 30.0 Å². The van der Waals surface area contributed by atoms with Crippen LogP contribution >= 0.6 is 23.4 Å². The number of sulfone groups is 1. The van der Waals surface area contributed by atoms with Crippen LogP contribution in [0.2, 0.25) is 5.02 Å². The van der Waals surface area contributed by atoms with Gasteiger partial charge in [-0.15, -0.1) is 0 Å². The number of halogens is 1. The SMILES string of the molecule is Cc1ccc(S(=O)(=O)c2cnc(SCC(=O)Nc3ccc(Cl)cc3)[nH]c2=O)cc1. The van der Waals surface area contributed by atoms with Gasteiger partial charge in [-0.3, -0.25) is 9.59 Å². The Bertz CT molecular complexity index is 1190. The van der Waals surface area contributed by atoms with Crippen LogP contribution in [0, 0.1) is 6.92 Å². The Labute approximate surface area is 176 Å². The summed E-state index contributed by atoms with van der Waals surface area (Å²) < 4.78 is 25.3. The molecule has 10 heteroatoms. The minimum absolute atomic E-state index is 0.0122. The van der Waals surface area contributed by atoms with Gasteiger partial charge >= 0.3 is 0 Å². The fraction of sp³-hybridized carbons (Fsp3) is 0.105. The van der Waals surface area contributed by atoms with Crippen molar-refractivity contribution >= 4 is 44.8 Å². The van der Waals surface area contributed by atoms with Gasteiger partial charge in [0.15, 0.2) is 10.1 Å². The number of benzene rings is 2. The van der Waals surface area contributed by atoms with Crippen LogP contribution in [0.4, 0.5) is 5.69 Å². The lowest BCUT2D eigenvalue weighted by Gasteiger charge is -2.06. The van der Waals surface area contributed by atoms with E-state index in [1.165, 1.54) is 12.1 Å². The van der Waals surface area contributed by atoms with Crippen LogP contribution in [0.5, 0.6) is 0 Å². The molecule has 0 saturated heterocycles. The monoisotopic (exact) mass is 449 g/mol. The summed E-state index contributed by atoms with van der Waals surface area (Å²) in [5.41, 5.74) is 0.696. The van der Waals surface area contributed by atoms with E-state index in [1.807, 2.05) is 6.92 Å². The molecule has 2 N–H and O–H groups in total. The number of hydrogen-bond donors (Lipinski definition) is 2. The van der Waals surface area contributed by atoms with Gasteiger partial charge in [0.2, 0.25) is 15.7 Å². The third-order valence-corrected chi connectivity index (χ3v) is 6.73. The summed E-state index contributed by atoms with van der Waals surface area (Å²) in [5, 5.41) is 3.38. The molecular formula is C19H16ClN3O4S2. The Hall–Kier alpha value is -2.62. The largest absolute Gasteiger partial charge is 0.325 e. The van der Waals surface area contributed by atoms with Crippen molar-refractivity contribution in [2.24, 2.45) is 0 Å². The van der Waals surface area contributed by atoms with Crippen molar-refractivity contribution in [2.75, 3.05) is 11.1 Å². The minimum Gasteiger partial charge on any atom is -0.325 e. The van der Waals surface area contributed by atoms with E-state index in [9.17, 15) is 18.0 Å². The molecule has 0 bridgehead atoms. The van der Waals surface area contributed by atoms with Crippen molar-refractivity contribution in [2.45, 2.75) is 21.9 Å². The van der Waals surface area contributed by atoms with Gasteiger partial charge in [0.1, 0.15) is 0 Å². The van der Waals surface area contributed by atoms with Crippen LogP contribution < -0.4 is 10.9 Å². The Morgan fingerprint density at radius 1 is 1.14 bits per heavy atom. The highest BCUT2D eigenvalue weighted by Crippen LogP contribution is 2.19. The minimum atomic E-state index is -3.98. The normalized spacial score (nSPS) is 11.2. The summed E-state index contributed by atoms with van der Waals surface area (Å²) >= 11 is 6.78. The number of H-pyrrole nitrogens is 1. The summed E-state index contributed by atoms with van der Waals surface area (Å²) in [5.74, 6) is -0.327. The van der Waals surface area contributed by atoms with E-state index in [0.717, 1.165) is 23.5 Å². The Balaban J connectivity index is 1.69. The van der Waals surface area contributed by atoms with E-state index in [1.54, 1.807) is 36.4 Å². The number of hydrogen-bond acceptors (Lipinski definition) is 6. The van der Waals surface area contributed by atoms with Gasteiger partial charge in [0, 0.05) is 10.7 Å². The molecule has 2 aromatic carbocycles. The van der Waals surface area contributed by atoms with E-state index in [-0.39, 0.29) is 21.7 Å². The van der Waals surface area contributed by atoms with Crippen LogP contribution in [-0.2, 0) is 14.6 Å². The number of thioether (sulfide) groups is 1. The number of nitrogens with zero attached hydrogens (tertiary/aromatic N) is 1. The van der Waals surface area contributed by atoms with Gasteiger partial charge in [-0.05, 0) is 43.3 Å². The summed E-state index contributed by atoms with van der Waals surface area (Å²) in [6.07, 6.45) is 1.01.